The summed E-state index contributed by atoms with van der Waals surface area (Å²) >= 11 is 0. The van der Waals surface area contributed by atoms with E-state index >= 15 is 0 Å². The summed E-state index contributed by atoms with van der Waals surface area (Å²) in [6.45, 7) is 0. The summed E-state index contributed by atoms with van der Waals surface area (Å²) in [6.07, 6.45) is 3.77. The summed E-state index contributed by atoms with van der Waals surface area (Å²) in [4.78, 5) is 9.64. The summed E-state index contributed by atoms with van der Waals surface area (Å²) in [5.74, 6) is 0. The van der Waals surface area contributed by atoms with Gasteiger partial charge in [0.05, 0.1) is 33.5 Å². The molecule has 4 heteroatoms. The predicted octanol–water partition coefficient (Wildman–Crippen LogP) is 19.0. The molecule has 0 aliphatic heterocycles. The largest absolute Gasteiger partial charge is 0.308 e. The number of nitrogens with zero attached hydrogens (tertiary/aromatic N) is 4. The van der Waals surface area contributed by atoms with Gasteiger partial charge in [0.2, 0.25) is 0 Å². The first kappa shape index (κ1) is 43.4. The molecule has 0 N–H and O–H groups in total. The summed E-state index contributed by atoms with van der Waals surface area (Å²) < 4.78 is 5.03. The number of pyridine rings is 2. The molecule has 76 heavy (non-hydrogen) atoms. The van der Waals surface area contributed by atoms with E-state index in [-0.39, 0.29) is 0 Å². The predicted molar refractivity (Wildman–Crippen MR) is 318 cm³/mol. The lowest BCUT2D eigenvalue weighted by Crippen LogP contribution is -1.99. The lowest BCUT2D eigenvalue weighted by molar-refractivity contribution is 1.14. The molecule has 0 fully saturated rings. The van der Waals surface area contributed by atoms with Crippen molar-refractivity contribution in [3.8, 4) is 78.4 Å². The molecule has 11 aromatic carbocycles. The Bertz CT molecular complexity index is 4380. The molecule has 4 nitrogen and oxygen atoms in total. The SMILES string of the molecule is c1ccc(-c2c(-c3ccccc3)n(-c3ccc(-c4cccc5cccnc45)cc3)c3c2ccc2c4ccc5c(-c6ccccc6)c(-c6ccccc6)n(-c6ccc(-c7cccc8cccnc78)cc6)c5c4ccc23)cc1. The van der Waals surface area contributed by atoms with Crippen LogP contribution in [0.15, 0.2) is 279 Å². The molecular weight excluding hydrogens is 921 g/mol. The maximum Gasteiger partial charge on any atom is 0.0780 e. The van der Waals surface area contributed by atoms with Gasteiger partial charge < -0.3 is 9.13 Å². The monoisotopic (exact) mass is 966 g/mol. The normalized spacial score (nSPS) is 11.7. The second kappa shape index (κ2) is 17.8. The van der Waals surface area contributed by atoms with E-state index in [1.807, 2.05) is 24.5 Å². The van der Waals surface area contributed by atoms with Crippen LogP contribution in [0.1, 0.15) is 0 Å². The fourth-order valence-electron chi connectivity index (χ4n) is 12.1. The second-order valence-electron chi connectivity index (χ2n) is 19.6. The quantitative estimate of drug-likeness (QED) is 0.142. The minimum Gasteiger partial charge on any atom is -0.308 e. The fraction of sp³-hybridized carbons (Fsp3) is 0. The van der Waals surface area contributed by atoms with Crippen LogP contribution >= 0.6 is 0 Å². The number of aromatic nitrogens is 4. The summed E-state index contributed by atoms with van der Waals surface area (Å²) in [5, 5.41) is 9.40. The van der Waals surface area contributed by atoms with Gasteiger partial charge in [0.25, 0.3) is 0 Å². The van der Waals surface area contributed by atoms with Crippen molar-refractivity contribution in [3.63, 3.8) is 0 Å². The molecule has 4 aromatic heterocycles. The van der Waals surface area contributed by atoms with E-state index in [0.29, 0.717) is 0 Å². The van der Waals surface area contributed by atoms with Crippen molar-refractivity contribution in [2.45, 2.75) is 0 Å². The first-order chi connectivity index (χ1) is 37.7. The van der Waals surface area contributed by atoms with E-state index < -0.39 is 0 Å². The lowest BCUT2D eigenvalue weighted by atomic mass is 9.94. The average molecular weight is 967 g/mol. The van der Waals surface area contributed by atoms with Gasteiger partial charge in [0, 0.05) is 78.3 Å². The van der Waals surface area contributed by atoms with Crippen LogP contribution < -0.4 is 0 Å². The van der Waals surface area contributed by atoms with E-state index in [0.717, 1.165) is 77.9 Å². The molecule has 15 aromatic rings. The molecule has 0 radical (unpaired) electrons. The second-order valence-corrected chi connectivity index (χ2v) is 19.6. The highest BCUT2D eigenvalue weighted by Crippen LogP contribution is 2.49. The van der Waals surface area contributed by atoms with Crippen molar-refractivity contribution in [1.82, 2.24) is 19.1 Å². The third kappa shape index (κ3) is 6.92. The molecule has 4 heterocycles. The standard InChI is InChI=1S/C72H46N4/c1-5-17-49(18-6-1)65-63-43-39-59-60-40-44-64-66(50-19-7-2-8-20-50)70(54-23-11-4-12-24-54)76(56-37-33-48(34-38-56)58-30-14-26-52-28-16-46-74-68(52)58)72(64)62(60)42-41-61(59)71(63)75(69(65)53-21-9-3-10-22-53)55-35-31-47(32-36-55)57-29-13-25-51-27-15-45-73-67(51)57/h1-46H. The lowest BCUT2D eigenvalue weighted by Gasteiger charge is -2.16. The molecule has 0 atom stereocenters. The Balaban J connectivity index is 1.02. The Morgan fingerprint density at radius 2 is 0.579 bits per heavy atom. The smallest absolute Gasteiger partial charge is 0.0780 e. The maximum absolute atomic E-state index is 4.82. The van der Waals surface area contributed by atoms with Gasteiger partial charge in [0.15, 0.2) is 0 Å². The number of hydrogen-bond donors (Lipinski definition) is 0. The minimum atomic E-state index is 1.00. The third-order valence-corrected chi connectivity index (χ3v) is 15.4. The van der Waals surface area contributed by atoms with Crippen LogP contribution in [0.5, 0.6) is 0 Å². The first-order valence-corrected chi connectivity index (χ1v) is 26.0. The Morgan fingerprint density at radius 1 is 0.237 bits per heavy atom. The highest BCUT2D eigenvalue weighted by Gasteiger charge is 2.27. The number of fused-ring (bicyclic) bond motifs is 9. The van der Waals surface area contributed by atoms with Gasteiger partial charge in [-0.05, 0) is 80.6 Å². The van der Waals surface area contributed by atoms with Crippen molar-refractivity contribution in [2.24, 2.45) is 0 Å². The van der Waals surface area contributed by atoms with E-state index in [1.54, 1.807) is 0 Å². The molecule has 0 unspecified atom stereocenters. The van der Waals surface area contributed by atoms with Gasteiger partial charge in [-0.1, -0.05) is 231 Å². The number of benzene rings is 11. The van der Waals surface area contributed by atoms with Crippen LogP contribution in [0, 0.1) is 0 Å². The Kier molecular flexibility index (Phi) is 10.2. The van der Waals surface area contributed by atoms with Gasteiger partial charge in [-0.25, -0.2) is 0 Å². The van der Waals surface area contributed by atoms with E-state index in [9.17, 15) is 0 Å². The molecule has 0 aliphatic carbocycles. The Morgan fingerprint density at radius 3 is 0.974 bits per heavy atom. The van der Waals surface area contributed by atoms with Crippen molar-refractivity contribution >= 4 is 65.2 Å². The topological polar surface area (TPSA) is 35.6 Å². The highest BCUT2D eigenvalue weighted by molar-refractivity contribution is 6.26. The van der Waals surface area contributed by atoms with Crippen molar-refractivity contribution in [3.05, 3.63) is 279 Å². The molecule has 354 valence electrons. The molecule has 0 amide bonds. The van der Waals surface area contributed by atoms with Crippen LogP contribution in [-0.4, -0.2) is 19.1 Å². The van der Waals surface area contributed by atoms with Crippen LogP contribution in [0.4, 0.5) is 0 Å². The molecule has 15 rings (SSSR count). The molecular formula is C72H46N4. The summed E-state index contributed by atoms with van der Waals surface area (Å²) in [5.41, 5.74) is 20.4. The van der Waals surface area contributed by atoms with Crippen molar-refractivity contribution < 1.29 is 0 Å². The van der Waals surface area contributed by atoms with E-state index in [2.05, 4.69) is 264 Å². The number of rotatable bonds is 8. The van der Waals surface area contributed by atoms with Gasteiger partial charge in [-0.2, -0.15) is 0 Å². The van der Waals surface area contributed by atoms with Gasteiger partial charge in [0.1, 0.15) is 0 Å². The van der Waals surface area contributed by atoms with Crippen molar-refractivity contribution in [2.75, 3.05) is 0 Å². The van der Waals surface area contributed by atoms with Gasteiger partial charge in [-0.15, -0.1) is 0 Å². The maximum atomic E-state index is 4.82. The third-order valence-electron chi connectivity index (χ3n) is 15.4. The molecule has 0 bridgehead atoms. The first-order valence-electron chi connectivity index (χ1n) is 26.0. The van der Waals surface area contributed by atoms with Crippen LogP contribution in [0.3, 0.4) is 0 Å². The molecule has 0 spiro atoms. The number of para-hydroxylation sites is 2. The zero-order valence-electron chi connectivity index (χ0n) is 41.3. The molecule has 0 saturated carbocycles. The van der Waals surface area contributed by atoms with Crippen LogP contribution in [-0.2, 0) is 0 Å². The highest BCUT2D eigenvalue weighted by atomic mass is 15.0. The Labute approximate surface area is 439 Å². The fourth-order valence-corrected chi connectivity index (χ4v) is 12.1. The number of hydrogen-bond acceptors (Lipinski definition) is 2. The van der Waals surface area contributed by atoms with Crippen LogP contribution in [0.2, 0.25) is 0 Å². The molecule has 0 saturated heterocycles. The van der Waals surface area contributed by atoms with Gasteiger partial charge >= 0.3 is 0 Å². The van der Waals surface area contributed by atoms with Gasteiger partial charge in [-0.3, -0.25) is 9.97 Å². The minimum absolute atomic E-state index is 1.00. The average Bonchev–Trinajstić information content (AvgIpc) is 4.20. The van der Waals surface area contributed by atoms with E-state index in [1.165, 1.54) is 65.6 Å². The molecule has 0 aliphatic rings. The Hall–Kier alpha value is -10.2. The van der Waals surface area contributed by atoms with E-state index in [4.69, 9.17) is 9.97 Å². The summed E-state index contributed by atoms with van der Waals surface area (Å²) in [7, 11) is 0. The summed E-state index contributed by atoms with van der Waals surface area (Å²) in [6, 6.07) is 97.1. The van der Waals surface area contributed by atoms with Crippen LogP contribution in [0.25, 0.3) is 144 Å². The zero-order chi connectivity index (χ0) is 50.1. The zero-order valence-corrected chi connectivity index (χ0v) is 41.3. The van der Waals surface area contributed by atoms with Crippen molar-refractivity contribution in [1.29, 1.82) is 0 Å².